The standard InChI is InChI=1S/C26H29N3O6/c1-4-35-16-21-27-24(30)22(25(31)28-14-13-18(15-28)17-9-6-5-7-10-17)26(32)29(21)23-19(33-2)11-8-12-20(23)34-3/h5-12,18,30H,4,13-16H2,1-3H3/t18-/m0/s1/i2D3,3D3. The van der Waals surface area contributed by atoms with Crippen LogP contribution in [0.5, 0.6) is 17.4 Å². The van der Waals surface area contributed by atoms with E-state index < -0.39 is 54.2 Å². The van der Waals surface area contributed by atoms with Gasteiger partial charge in [0.25, 0.3) is 11.5 Å². The topological polar surface area (TPSA) is 103 Å². The number of amides is 1. The summed E-state index contributed by atoms with van der Waals surface area (Å²) >= 11 is 0. The molecule has 1 aliphatic heterocycles. The molecule has 1 aromatic heterocycles. The van der Waals surface area contributed by atoms with Gasteiger partial charge in [-0.05, 0) is 31.0 Å². The van der Waals surface area contributed by atoms with Crippen molar-refractivity contribution in [2.45, 2.75) is 25.9 Å². The van der Waals surface area contributed by atoms with Gasteiger partial charge in [0.05, 0.1) is 22.3 Å². The molecule has 1 N–H and O–H groups in total. The van der Waals surface area contributed by atoms with Crippen molar-refractivity contribution < 1.29 is 32.3 Å². The van der Waals surface area contributed by atoms with Crippen LogP contribution in [0, 0.1) is 0 Å². The highest BCUT2D eigenvalue weighted by atomic mass is 16.5. The molecule has 1 aliphatic rings. The Bertz CT molecular complexity index is 1420. The highest BCUT2D eigenvalue weighted by Crippen LogP contribution is 2.33. The molecule has 9 heteroatoms. The van der Waals surface area contributed by atoms with E-state index in [2.05, 4.69) is 4.98 Å². The maximum atomic E-state index is 14.0. The first kappa shape index (κ1) is 17.6. The van der Waals surface area contributed by atoms with Crippen LogP contribution in [-0.4, -0.2) is 59.2 Å². The second kappa shape index (κ2) is 10.6. The van der Waals surface area contributed by atoms with Gasteiger partial charge in [-0.2, -0.15) is 4.98 Å². The van der Waals surface area contributed by atoms with Crippen LogP contribution < -0.4 is 15.0 Å². The van der Waals surface area contributed by atoms with Crippen LogP contribution in [-0.2, 0) is 11.3 Å². The highest BCUT2D eigenvalue weighted by molar-refractivity contribution is 5.96. The lowest BCUT2D eigenvalue weighted by Gasteiger charge is -2.21. The van der Waals surface area contributed by atoms with Crippen LogP contribution in [0.3, 0.4) is 0 Å². The number of carbonyl (C=O) groups is 1. The molecule has 9 nitrogen and oxygen atoms in total. The molecule has 2 aromatic carbocycles. The van der Waals surface area contributed by atoms with Gasteiger partial charge in [-0.25, -0.2) is 0 Å². The summed E-state index contributed by atoms with van der Waals surface area (Å²) in [6, 6.07) is 13.2. The molecule has 0 bridgehead atoms. The minimum atomic E-state index is -3.00. The fourth-order valence-electron chi connectivity index (χ4n) is 4.25. The number of ether oxygens (including phenoxy) is 3. The van der Waals surface area contributed by atoms with Crippen molar-refractivity contribution in [2.24, 2.45) is 0 Å². The average molecular weight is 486 g/mol. The van der Waals surface area contributed by atoms with E-state index in [1.807, 2.05) is 30.3 Å². The summed E-state index contributed by atoms with van der Waals surface area (Å²) in [5, 5.41) is 10.8. The van der Waals surface area contributed by atoms with E-state index in [1.165, 1.54) is 23.1 Å². The number of hydrogen-bond acceptors (Lipinski definition) is 7. The summed E-state index contributed by atoms with van der Waals surface area (Å²) < 4.78 is 61.8. The van der Waals surface area contributed by atoms with Crippen molar-refractivity contribution in [1.82, 2.24) is 14.5 Å². The van der Waals surface area contributed by atoms with Crippen LogP contribution in [0.4, 0.5) is 0 Å². The average Bonchev–Trinajstić information content (AvgIpc) is 3.37. The van der Waals surface area contributed by atoms with E-state index in [9.17, 15) is 14.7 Å². The second-order valence-electron chi connectivity index (χ2n) is 7.96. The molecule has 184 valence electrons. The Balaban J connectivity index is 1.88. The minimum Gasteiger partial charge on any atom is -0.494 e. The molecule has 2 heterocycles. The lowest BCUT2D eigenvalue weighted by molar-refractivity contribution is 0.0783. The molecule has 0 unspecified atom stereocenters. The summed E-state index contributed by atoms with van der Waals surface area (Å²) in [6.45, 7) is 2.09. The predicted molar refractivity (Wildman–Crippen MR) is 130 cm³/mol. The summed E-state index contributed by atoms with van der Waals surface area (Å²) in [6.07, 6.45) is 0.631. The predicted octanol–water partition coefficient (Wildman–Crippen LogP) is 3.12. The number of para-hydroxylation sites is 1. The molecule has 0 radical (unpaired) electrons. The fraction of sp³-hybridized carbons (Fsp3) is 0.346. The molecule has 0 saturated carbocycles. The molecule has 35 heavy (non-hydrogen) atoms. The van der Waals surface area contributed by atoms with Crippen LogP contribution in [0.1, 0.15) is 49.2 Å². The van der Waals surface area contributed by atoms with Crippen molar-refractivity contribution in [2.75, 3.05) is 33.8 Å². The van der Waals surface area contributed by atoms with Crippen LogP contribution >= 0.6 is 0 Å². The summed E-state index contributed by atoms with van der Waals surface area (Å²) in [7, 11) is -6.00. The zero-order chi connectivity index (χ0) is 29.9. The third kappa shape index (κ3) is 4.72. The maximum absolute atomic E-state index is 14.0. The van der Waals surface area contributed by atoms with Crippen molar-refractivity contribution >= 4 is 5.91 Å². The van der Waals surface area contributed by atoms with E-state index in [1.54, 1.807) is 6.92 Å². The summed E-state index contributed by atoms with van der Waals surface area (Å²) in [4.78, 5) is 33.1. The number of hydrogen-bond donors (Lipinski definition) is 1. The monoisotopic (exact) mass is 485 g/mol. The second-order valence-corrected chi connectivity index (χ2v) is 7.96. The Labute approximate surface area is 211 Å². The molecule has 4 rings (SSSR count). The molecule has 1 saturated heterocycles. The van der Waals surface area contributed by atoms with E-state index in [-0.39, 0.29) is 31.5 Å². The summed E-state index contributed by atoms with van der Waals surface area (Å²) in [5.74, 6) is -2.75. The Hall–Kier alpha value is -3.85. The molecular formula is C26H29N3O6. The van der Waals surface area contributed by atoms with Gasteiger partial charge < -0.3 is 24.2 Å². The Morgan fingerprint density at radius 3 is 2.51 bits per heavy atom. The molecular weight excluding hydrogens is 450 g/mol. The molecule has 3 aromatic rings. The van der Waals surface area contributed by atoms with Crippen LogP contribution in [0.2, 0.25) is 0 Å². The molecule has 1 fully saturated rings. The number of benzene rings is 2. The quantitative estimate of drug-likeness (QED) is 0.523. The molecule has 0 aliphatic carbocycles. The van der Waals surface area contributed by atoms with Crippen LogP contribution in [0.15, 0.2) is 53.3 Å². The van der Waals surface area contributed by atoms with E-state index in [0.29, 0.717) is 13.0 Å². The number of nitrogens with zero attached hydrogens (tertiary/aromatic N) is 3. The smallest absolute Gasteiger partial charge is 0.275 e. The Morgan fingerprint density at radius 2 is 1.86 bits per heavy atom. The minimum absolute atomic E-state index is 0.0161. The van der Waals surface area contributed by atoms with Gasteiger partial charge in [0.1, 0.15) is 29.6 Å². The third-order valence-corrected chi connectivity index (χ3v) is 5.93. The highest BCUT2D eigenvalue weighted by Gasteiger charge is 2.33. The lowest BCUT2D eigenvalue weighted by Crippen LogP contribution is -2.37. The molecule has 1 amide bonds. The first-order valence-corrected chi connectivity index (χ1v) is 11.1. The van der Waals surface area contributed by atoms with Crippen molar-refractivity contribution in [1.29, 1.82) is 0 Å². The van der Waals surface area contributed by atoms with Gasteiger partial charge in [-0.3, -0.25) is 14.2 Å². The Morgan fingerprint density at radius 1 is 1.14 bits per heavy atom. The zero-order valence-corrected chi connectivity index (χ0v) is 19.1. The SMILES string of the molecule is [2H]C([2H])([2H])Oc1cccc(OC([2H])([2H])[2H])c1-n1c(COCC)nc(O)c(C(=O)N2CC[C@H](c3ccccc3)C2)c1=O. The largest absolute Gasteiger partial charge is 0.494 e. The third-order valence-electron chi connectivity index (χ3n) is 5.93. The van der Waals surface area contributed by atoms with Crippen molar-refractivity contribution in [3.63, 3.8) is 0 Å². The number of methoxy groups -OCH3 is 2. The Kier molecular flexibility index (Phi) is 5.32. The lowest BCUT2D eigenvalue weighted by atomic mass is 9.99. The van der Waals surface area contributed by atoms with Gasteiger partial charge in [-0.15, -0.1) is 0 Å². The van der Waals surface area contributed by atoms with Gasteiger partial charge in [-0.1, -0.05) is 36.4 Å². The van der Waals surface area contributed by atoms with Gasteiger partial charge in [0.2, 0.25) is 5.88 Å². The van der Waals surface area contributed by atoms with Crippen molar-refractivity contribution in [3.8, 4) is 23.1 Å². The maximum Gasteiger partial charge on any atom is 0.275 e. The van der Waals surface area contributed by atoms with Crippen molar-refractivity contribution in [3.05, 3.63) is 75.8 Å². The number of aromatic hydroxyl groups is 1. The van der Waals surface area contributed by atoms with Gasteiger partial charge in [0, 0.05) is 25.6 Å². The number of rotatable bonds is 8. The molecule has 0 spiro atoms. The van der Waals surface area contributed by atoms with E-state index in [4.69, 9.17) is 22.4 Å². The first-order valence-electron chi connectivity index (χ1n) is 14.1. The zero-order valence-electron chi connectivity index (χ0n) is 25.1. The normalized spacial score (nSPS) is 18.5. The van der Waals surface area contributed by atoms with Gasteiger partial charge in [0.15, 0.2) is 5.56 Å². The number of carbonyl (C=O) groups excluding carboxylic acids is 1. The molecule has 1 atom stereocenters. The van der Waals surface area contributed by atoms with Gasteiger partial charge >= 0.3 is 0 Å². The number of likely N-dealkylation sites (tertiary alicyclic amines) is 1. The van der Waals surface area contributed by atoms with E-state index in [0.717, 1.165) is 10.1 Å². The first-order chi connectivity index (χ1) is 19.3. The van der Waals surface area contributed by atoms with Crippen LogP contribution in [0.25, 0.3) is 5.69 Å². The number of aromatic nitrogens is 2. The fourth-order valence-corrected chi connectivity index (χ4v) is 4.25. The summed E-state index contributed by atoms with van der Waals surface area (Å²) in [5.41, 5.74) is -1.17. The van der Waals surface area contributed by atoms with E-state index >= 15 is 0 Å².